The number of benzene rings is 1. The molecule has 1 heterocycles. The number of hydrogen-bond donors (Lipinski definition) is 1. The topological polar surface area (TPSA) is 33.7 Å². The van der Waals surface area contributed by atoms with Crippen LogP contribution in [0.1, 0.15) is 43.9 Å². The first-order chi connectivity index (χ1) is 10.6. The highest BCUT2D eigenvalue weighted by Gasteiger charge is 2.27. The SMILES string of the molecule is CCCCNC(=S)N1CCc2cc(OC)c(OC)cc2C1C. The van der Waals surface area contributed by atoms with Crippen LogP contribution in [-0.2, 0) is 6.42 Å². The first kappa shape index (κ1) is 16.9. The minimum atomic E-state index is 0.241. The molecule has 0 spiro atoms. The third-order valence-electron chi connectivity index (χ3n) is 4.25. The van der Waals surface area contributed by atoms with E-state index in [1.165, 1.54) is 17.5 Å². The fourth-order valence-electron chi connectivity index (χ4n) is 2.90. The molecule has 122 valence electrons. The van der Waals surface area contributed by atoms with E-state index in [1.807, 2.05) is 0 Å². The second-order valence-corrected chi connectivity index (χ2v) is 6.00. The van der Waals surface area contributed by atoms with Crippen molar-refractivity contribution in [2.75, 3.05) is 27.3 Å². The van der Waals surface area contributed by atoms with Gasteiger partial charge in [0.05, 0.1) is 20.3 Å². The molecule has 0 aliphatic carbocycles. The fourth-order valence-corrected chi connectivity index (χ4v) is 3.25. The number of unbranched alkanes of at least 4 members (excludes halogenated alkanes) is 1. The van der Waals surface area contributed by atoms with Gasteiger partial charge in [-0.1, -0.05) is 13.3 Å². The Bertz CT molecular complexity index is 534. The van der Waals surface area contributed by atoms with Crippen LogP contribution in [0, 0.1) is 0 Å². The Kier molecular flexibility index (Phi) is 5.89. The Morgan fingerprint density at radius 1 is 1.32 bits per heavy atom. The summed E-state index contributed by atoms with van der Waals surface area (Å²) < 4.78 is 10.8. The zero-order valence-electron chi connectivity index (χ0n) is 13.9. The molecule has 0 amide bonds. The third-order valence-corrected chi connectivity index (χ3v) is 4.63. The quantitative estimate of drug-likeness (QED) is 0.664. The van der Waals surface area contributed by atoms with E-state index in [1.54, 1.807) is 14.2 Å². The largest absolute Gasteiger partial charge is 0.493 e. The van der Waals surface area contributed by atoms with Gasteiger partial charge in [0.2, 0.25) is 0 Å². The average Bonchev–Trinajstić information content (AvgIpc) is 2.54. The molecule has 0 fully saturated rings. The van der Waals surface area contributed by atoms with Crippen molar-refractivity contribution >= 4 is 17.3 Å². The van der Waals surface area contributed by atoms with E-state index in [2.05, 4.69) is 36.2 Å². The standard InChI is InChI=1S/C17H26N2O2S/c1-5-6-8-18-17(22)19-9-7-13-10-15(20-3)16(21-4)11-14(13)12(19)2/h10-12H,5-9H2,1-4H3,(H,18,22). The zero-order chi connectivity index (χ0) is 16.1. The van der Waals surface area contributed by atoms with Gasteiger partial charge >= 0.3 is 0 Å². The van der Waals surface area contributed by atoms with Gasteiger partial charge in [-0.15, -0.1) is 0 Å². The van der Waals surface area contributed by atoms with Crippen LogP contribution in [0.5, 0.6) is 11.5 Å². The Balaban J connectivity index is 2.18. The van der Waals surface area contributed by atoms with Crippen molar-refractivity contribution in [3.63, 3.8) is 0 Å². The predicted molar refractivity (Wildman–Crippen MR) is 93.9 cm³/mol. The van der Waals surface area contributed by atoms with E-state index >= 15 is 0 Å². The van der Waals surface area contributed by atoms with E-state index in [-0.39, 0.29) is 6.04 Å². The lowest BCUT2D eigenvalue weighted by Crippen LogP contribution is -2.44. The van der Waals surface area contributed by atoms with Gasteiger partial charge in [-0.05, 0) is 55.2 Å². The summed E-state index contributed by atoms with van der Waals surface area (Å²) in [6.07, 6.45) is 3.28. The Hall–Kier alpha value is -1.49. The molecular formula is C17H26N2O2S. The van der Waals surface area contributed by atoms with E-state index < -0.39 is 0 Å². The molecule has 1 aromatic rings. The van der Waals surface area contributed by atoms with Crippen molar-refractivity contribution < 1.29 is 9.47 Å². The molecule has 1 atom stereocenters. The second kappa shape index (κ2) is 7.68. The van der Waals surface area contributed by atoms with Gasteiger partial charge in [-0.2, -0.15) is 0 Å². The lowest BCUT2D eigenvalue weighted by molar-refractivity contribution is 0.308. The van der Waals surface area contributed by atoms with Crippen LogP contribution in [0.2, 0.25) is 0 Å². The number of thiocarbonyl (C=S) groups is 1. The fraction of sp³-hybridized carbons (Fsp3) is 0.588. The molecule has 0 bridgehead atoms. The minimum absolute atomic E-state index is 0.241. The summed E-state index contributed by atoms with van der Waals surface area (Å²) in [5.41, 5.74) is 2.58. The number of methoxy groups -OCH3 is 2. The zero-order valence-corrected chi connectivity index (χ0v) is 14.8. The molecule has 0 radical (unpaired) electrons. The van der Waals surface area contributed by atoms with Crippen molar-refractivity contribution in [3.05, 3.63) is 23.3 Å². The maximum atomic E-state index is 5.56. The molecular weight excluding hydrogens is 296 g/mol. The smallest absolute Gasteiger partial charge is 0.169 e. The van der Waals surface area contributed by atoms with Gasteiger partial charge in [-0.3, -0.25) is 0 Å². The first-order valence-corrected chi connectivity index (χ1v) is 8.32. The van der Waals surface area contributed by atoms with Crippen LogP contribution in [0.3, 0.4) is 0 Å². The highest BCUT2D eigenvalue weighted by atomic mass is 32.1. The maximum absolute atomic E-state index is 5.56. The maximum Gasteiger partial charge on any atom is 0.169 e. The monoisotopic (exact) mass is 322 g/mol. The molecule has 1 aliphatic rings. The molecule has 1 unspecified atom stereocenters. The molecule has 4 nitrogen and oxygen atoms in total. The van der Waals surface area contributed by atoms with Gasteiger partial charge in [0, 0.05) is 13.1 Å². The molecule has 0 saturated heterocycles. The van der Waals surface area contributed by atoms with E-state index in [9.17, 15) is 0 Å². The summed E-state index contributed by atoms with van der Waals surface area (Å²) in [6, 6.07) is 4.42. The molecule has 22 heavy (non-hydrogen) atoms. The van der Waals surface area contributed by atoms with Crippen LogP contribution in [0.15, 0.2) is 12.1 Å². The van der Waals surface area contributed by atoms with Crippen molar-refractivity contribution in [2.24, 2.45) is 0 Å². The van der Waals surface area contributed by atoms with E-state index in [0.29, 0.717) is 0 Å². The van der Waals surface area contributed by atoms with Gasteiger partial charge in [0.25, 0.3) is 0 Å². The van der Waals surface area contributed by atoms with E-state index in [0.717, 1.165) is 42.5 Å². The van der Waals surface area contributed by atoms with Crippen LogP contribution in [0.25, 0.3) is 0 Å². The lowest BCUT2D eigenvalue weighted by atomic mass is 9.93. The van der Waals surface area contributed by atoms with Crippen LogP contribution in [-0.4, -0.2) is 37.3 Å². The molecule has 1 aliphatic heterocycles. The van der Waals surface area contributed by atoms with E-state index in [4.69, 9.17) is 21.7 Å². The van der Waals surface area contributed by atoms with Crippen molar-refractivity contribution in [3.8, 4) is 11.5 Å². The Labute approximate surface area is 138 Å². The third kappa shape index (κ3) is 3.46. The summed E-state index contributed by atoms with van der Waals surface area (Å²) in [5, 5.41) is 4.22. The highest BCUT2D eigenvalue weighted by Crippen LogP contribution is 2.37. The molecule has 5 heteroatoms. The van der Waals surface area contributed by atoms with Crippen molar-refractivity contribution in [2.45, 2.75) is 39.2 Å². The molecule has 0 saturated carbocycles. The molecule has 0 aromatic heterocycles. The molecule has 2 rings (SSSR count). The number of nitrogens with one attached hydrogen (secondary N) is 1. The van der Waals surface area contributed by atoms with Crippen molar-refractivity contribution in [1.82, 2.24) is 10.2 Å². The highest BCUT2D eigenvalue weighted by molar-refractivity contribution is 7.80. The summed E-state index contributed by atoms with van der Waals surface area (Å²) in [7, 11) is 3.35. The van der Waals surface area contributed by atoms with Gasteiger partial charge in [-0.25, -0.2) is 0 Å². The molecule has 1 N–H and O–H groups in total. The van der Waals surface area contributed by atoms with Crippen LogP contribution >= 0.6 is 12.2 Å². The summed E-state index contributed by atoms with van der Waals surface area (Å²) in [5.74, 6) is 1.57. The van der Waals surface area contributed by atoms with Crippen molar-refractivity contribution in [1.29, 1.82) is 0 Å². The normalized spacial score (nSPS) is 16.9. The average molecular weight is 322 g/mol. The summed E-state index contributed by atoms with van der Waals surface area (Å²) >= 11 is 5.56. The number of nitrogens with zero attached hydrogens (tertiary/aromatic N) is 1. The number of rotatable bonds is 5. The number of hydrogen-bond acceptors (Lipinski definition) is 3. The van der Waals surface area contributed by atoms with Crippen LogP contribution < -0.4 is 14.8 Å². The number of ether oxygens (including phenoxy) is 2. The van der Waals surface area contributed by atoms with Gasteiger partial charge < -0.3 is 19.7 Å². The Morgan fingerprint density at radius 3 is 2.64 bits per heavy atom. The number of fused-ring (bicyclic) bond motifs is 1. The summed E-state index contributed by atoms with van der Waals surface area (Å²) in [4.78, 5) is 2.26. The predicted octanol–water partition coefficient (Wildman–Crippen LogP) is 3.30. The van der Waals surface area contributed by atoms with Gasteiger partial charge in [0.1, 0.15) is 0 Å². The lowest BCUT2D eigenvalue weighted by Gasteiger charge is -2.37. The molecule has 1 aromatic carbocycles. The second-order valence-electron chi connectivity index (χ2n) is 5.61. The van der Waals surface area contributed by atoms with Crippen LogP contribution in [0.4, 0.5) is 0 Å². The summed E-state index contributed by atoms with van der Waals surface area (Å²) in [6.45, 7) is 6.25. The van der Waals surface area contributed by atoms with Gasteiger partial charge in [0.15, 0.2) is 16.6 Å². The first-order valence-electron chi connectivity index (χ1n) is 7.91. The Morgan fingerprint density at radius 2 is 2.00 bits per heavy atom. The minimum Gasteiger partial charge on any atom is -0.493 e.